The van der Waals surface area contributed by atoms with Crippen molar-refractivity contribution in [1.29, 1.82) is 0 Å². The Morgan fingerprint density at radius 3 is 2.38 bits per heavy atom. The lowest BCUT2D eigenvalue weighted by Gasteiger charge is -2.46. The average Bonchev–Trinajstić information content (AvgIpc) is 3.02. The highest BCUT2D eigenvalue weighted by Crippen LogP contribution is 2.56. The fourth-order valence-corrected chi connectivity index (χ4v) is 5.52. The second-order valence-corrected chi connectivity index (χ2v) is 10.3. The van der Waals surface area contributed by atoms with Gasteiger partial charge < -0.3 is 9.84 Å². The standard InChI is InChI=1S/C23H42O3/c1-7-21(3,4)20(24)26-16-23(25,8-2)18-14-13-17-12-10-9-11-15-22(5,6)19(17)18/h17-19,25H,7-16H2,1-6H3. The molecular formula is C23H42O3. The molecule has 2 fully saturated rings. The van der Waals surface area contributed by atoms with E-state index in [1.807, 2.05) is 27.7 Å². The molecule has 0 aromatic heterocycles. The summed E-state index contributed by atoms with van der Waals surface area (Å²) in [5, 5.41) is 11.6. The Morgan fingerprint density at radius 2 is 1.77 bits per heavy atom. The van der Waals surface area contributed by atoms with Crippen LogP contribution in [-0.2, 0) is 9.53 Å². The van der Waals surface area contributed by atoms with Crippen LogP contribution in [0.5, 0.6) is 0 Å². The lowest BCUT2D eigenvalue weighted by Crippen LogP contribution is -2.49. The van der Waals surface area contributed by atoms with Crippen LogP contribution < -0.4 is 0 Å². The molecule has 152 valence electrons. The second kappa shape index (κ2) is 8.20. The monoisotopic (exact) mass is 366 g/mol. The van der Waals surface area contributed by atoms with Crippen LogP contribution in [0.3, 0.4) is 0 Å². The van der Waals surface area contributed by atoms with Crippen LogP contribution in [0.1, 0.15) is 99.3 Å². The Bertz CT molecular complexity index is 482. The van der Waals surface area contributed by atoms with E-state index in [1.54, 1.807) is 0 Å². The van der Waals surface area contributed by atoms with Gasteiger partial charge in [-0.05, 0) is 69.1 Å². The normalized spacial score (nSPS) is 31.4. The van der Waals surface area contributed by atoms with Gasteiger partial charge in [-0.3, -0.25) is 4.79 Å². The van der Waals surface area contributed by atoms with Crippen molar-refractivity contribution < 1.29 is 14.6 Å². The maximum Gasteiger partial charge on any atom is 0.311 e. The summed E-state index contributed by atoms with van der Waals surface area (Å²) in [5.74, 6) is 1.31. The number of fused-ring (bicyclic) bond motifs is 1. The zero-order valence-electron chi connectivity index (χ0n) is 18.1. The highest BCUT2D eigenvalue weighted by molar-refractivity contribution is 5.75. The highest BCUT2D eigenvalue weighted by atomic mass is 16.5. The number of hydrogen-bond donors (Lipinski definition) is 1. The number of hydrogen-bond acceptors (Lipinski definition) is 3. The van der Waals surface area contributed by atoms with E-state index in [0.29, 0.717) is 12.3 Å². The maximum absolute atomic E-state index is 12.5. The summed E-state index contributed by atoms with van der Waals surface area (Å²) in [6, 6.07) is 0. The lowest BCUT2D eigenvalue weighted by atomic mass is 9.61. The molecule has 2 rings (SSSR count). The zero-order valence-corrected chi connectivity index (χ0v) is 18.1. The first kappa shape index (κ1) is 21.7. The van der Waals surface area contributed by atoms with Crippen LogP contribution in [0.2, 0.25) is 0 Å². The van der Waals surface area contributed by atoms with Gasteiger partial charge in [0.2, 0.25) is 0 Å². The van der Waals surface area contributed by atoms with Crippen molar-refractivity contribution in [3.05, 3.63) is 0 Å². The van der Waals surface area contributed by atoms with E-state index in [1.165, 1.54) is 38.5 Å². The first-order chi connectivity index (χ1) is 12.1. The van der Waals surface area contributed by atoms with Gasteiger partial charge in [0.25, 0.3) is 0 Å². The van der Waals surface area contributed by atoms with Gasteiger partial charge in [-0.15, -0.1) is 0 Å². The van der Waals surface area contributed by atoms with Crippen molar-refractivity contribution in [2.75, 3.05) is 6.61 Å². The van der Waals surface area contributed by atoms with Crippen molar-refractivity contribution in [2.45, 2.75) is 105 Å². The molecule has 0 aliphatic heterocycles. The largest absolute Gasteiger partial charge is 0.462 e. The molecule has 1 N–H and O–H groups in total. The van der Waals surface area contributed by atoms with Crippen molar-refractivity contribution in [3.63, 3.8) is 0 Å². The predicted molar refractivity (Wildman–Crippen MR) is 107 cm³/mol. The quantitative estimate of drug-likeness (QED) is 0.610. The van der Waals surface area contributed by atoms with Crippen LogP contribution in [0.25, 0.3) is 0 Å². The van der Waals surface area contributed by atoms with Gasteiger partial charge in [-0.2, -0.15) is 0 Å². The topological polar surface area (TPSA) is 46.5 Å². The van der Waals surface area contributed by atoms with Crippen molar-refractivity contribution in [1.82, 2.24) is 0 Å². The third-order valence-electron chi connectivity index (χ3n) is 7.78. The number of carbonyl (C=O) groups excluding carboxylic acids is 1. The fourth-order valence-electron chi connectivity index (χ4n) is 5.52. The molecule has 0 saturated heterocycles. The van der Waals surface area contributed by atoms with E-state index in [9.17, 15) is 9.90 Å². The minimum absolute atomic E-state index is 0.149. The minimum Gasteiger partial charge on any atom is -0.462 e. The molecule has 0 amide bonds. The molecule has 3 heteroatoms. The smallest absolute Gasteiger partial charge is 0.311 e. The predicted octanol–water partition coefficient (Wildman–Crippen LogP) is 5.74. The van der Waals surface area contributed by atoms with Crippen molar-refractivity contribution >= 4 is 5.97 Å². The number of aliphatic hydroxyl groups is 1. The summed E-state index contributed by atoms with van der Waals surface area (Å²) in [6.07, 6.45) is 10.2. The molecule has 26 heavy (non-hydrogen) atoms. The Labute approximate surface area is 161 Å². The van der Waals surface area contributed by atoms with Gasteiger partial charge in [0.1, 0.15) is 12.2 Å². The third-order valence-corrected chi connectivity index (χ3v) is 7.78. The van der Waals surface area contributed by atoms with E-state index in [0.717, 1.165) is 18.8 Å². The Morgan fingerprint density at radius 1 is 1.08 bits per heavy atom. The molecule has 0 heterocycles. The number of rotatable bonds is 6. The summed E-state index contributed by atoms with van der Waals surface area (Å²) in [5.41, 5.74) is -1.12. The van der Waals surface area contributed by atoms with E-state index >= 15 is 0 Å². The zero-order chi connectivity index (χ0) is 19.6. The van der Waals surface area contributed by atoms with Gasteiger partial charge in [0, 0.05) is 0 Å². The average molecular weight is 367 g/mol. The Hall–Kier alpha value is -0.570. The second-order valence-electron chi connectivity index (χ2n) is 10.3. The molecule has 0 spiro atoms. The Balaban J connectivity index is 2.17. The first-order valence-electron chi connectivity index (χ1n) is 11.0. The summed E-state index contributed by atoms with van der Waals surface area (Å²) < 4.78 is 5.68. The van der Waals surface area contributed by atoms with E-state index in [4.69, 9.17) is 4.74 Å². The van der Waals surface area contributed by atoms with E-state index < -0.39 is 11.0 Å². The van der Waals surface area contributed by atoms with Crippen molar-refractivity contribution in [2.24, 2.45) is 28.6 Å². The maximum atomic E-state index is 12.5. The van der Waals surface area contributed by atoms with Crippen LogP contribution in [0, 0.1) is 28.6 Å². The summed E-state index contributed by atoms with van der Waals surface area (Å²) in [7, 11) is 0. The van der Waals surface area contributed by atoms with Gasteiger partial charge in [-0.1, -0.05) is 53.4 Å². The minimum atomic E-state index is -0.893. The highest BCUT2D eigenvalue weighted by Gasteiger charge is 2.52. The lowest BCUT2D eigenvalue weighted by molar-refractivity contribution is -0.169. The summed E-state index contributed by atoms with van der Waals surface area (Å²) in [6.45, 7) is 12.8. The molecule has 2 aliphatic rings. The van der Waals surface area contributed by atoms with Gasteiger partial charge in [0.05, 0.1) is 5.41 Å². The molecule has 0 bridgehead atoms. The molecule has 2 saturated carbocycles. The van der Waals surface area contributed by atoms with E-state index in [2.05, 4.69) is 13.8 Å². The van der Waals surface area contributed by atoms with Crippen LogP contribution in [0.15, 0.2) is 0 Å². The summed E-state index contributed by atoms with van der Waals surface area (Å²) in [4.78, 5) is 12.5. The SMILES string of the molecule is CCC(C)(C)C(=O)OCC(O)(CC)C1CCC2CCCCCC(C)(C)C21. The van der Waals surface area contributed by atoms with Gasteiger partial charge in [0.15, 0.2) is 0 Å². The molecule has 0 aromatic carbocycles. The van der Waals surface area contributed by atoms with Crippen molar-refractivity contribution in [3.8, 4) is 0 Å². The van der Waals surface area contributed by atoms with Crippen LogP contribution >= 0.6 is 0 Å². The summed E-state index contributed by atoms with van der Waals surface area (Å²) >= 11 is 0. The molecular weight excluding hydrogens is 324 g/mol. The van der Waals surface area contributed by atoms with Crippen LogP contribution in [0.4, 0.5) is 0 Å². The van der Waals surface area contributed by atoms with Crippen LogP contribution in [-0.4, -0.2) is 23.3 Å². The molecule has 4 unspecified atom stereocenters. The van der Waals surface area contributed by atoms with Gasteiger partial charge in [-0.25, -0.2) is 0 Å². The molecule has 3 nitrogen and oxygen atoms in total. The molecule has 0 aromatic rings. The third kappa shape index (κ3) is 4.46. The Kier molecular flexibility index (Phi) is 6.86. The van der Waals surface area contributed by atoms with Gasteiger partial charge >= 0.3 is 5.97 Å². The molecule has 4 atom stereocenters. The first-order valence-corrected chi connectivity index (χ1v) is 11.0. The number of carbonyl (C=O) groups is 1. The molecule has 2 aliphatic carbocycles. The fraction of sp³-hybridized carbons (Fsp3) is 0.957. The molecule has 0 radical (unpaired) electrons. The van der Waals surface area contributed by atoms with E-state index in [-0.39, 0.29) is 23.9 Å². The number of esters is 1. The number of ether oxygens (including phenoxy) is 1.